The first kappa shape index (κ1) is 14.1. The SMILES string of the molecule is Cc1cc(C)cc(CN2C(=O)NC(=O)C23CCCCC3)c1. The molecule has 0 unspecified atom stereocenters. The van der Waals surface area contributed by atoms with Crippen LogP contribution in [0.2, 0.25) is 0 Å². The molecule has 1 aliphatic carbocycles. The van der Waals surface area contributed by atoms with E-state index >= 15 is 0 Å². The van der Waals surface area contributed by atoms with Crippen molar-refractivity contribution in [1.82, 2.24) is 10.2 Å². The maximum absolute atomic E-state index is 12.3. The highest BCUT2D eigenvalue weighted by atomic mass is 16.2. The molecule has 21 heavy (non-hydrogen) atoms. The second-order valence-corrected chi connectivity index (χ2v) is 6.43. The molecule has 2 fully saturated rings. The van der Waals surface area contributed by atoms with Gasteiger partial charge >= 0.3 is 6.03 Å². The normalized spacial score (nSPS) is 21.0. The van der Waals surface area contributed by atoms with Gasteiger partial charge in [-0.25, -0.2) is 4.79 Å². The van der Waals surface area contributed by atoms with Crippen LogP contribution in [0, 0.1) is 13.8 Å². The number of carbonyl (C=O) groups excluding carboxylic acids is 2. The summed E-state index contributed by atoms with van der Waals surface area (Å²) in [5, 5.41) is 2.52. The molecular formula is C17H22N2O2. The highest BCUT2D eigenvalue weighted by Gasteiger charge is 2.52. The van der Waals surface area contributed by atoms with Crippen molar-refractivity contribution in [2.75, 3.05) is 0 Å². The zero-order valence-electron chi connectivity index (χ0n) is 12.7. The van der Waals surface area contributed by atoms with Crippen LogP contribution < -0.4 is 5.32 Å². The van der Waals surface area contributed by atoms with E-state index < -0.39 is 5.54 Å². The molecular weight excluding hydrogens is 264 g/mol. The number of rotatable bonds is 2. The van der Waals surface area contributed by atoms with Gasteiger partial charge in [0, 0.05) is 6.54 Å². The van der Waals surface area contributed by atoms with Gasteiger partial charge in [-0.05, 0) is 32.3 Å². The number of nitrogens with one attached hydrogen (secondary N) is 1. The molecule has 3 amide bonds. The van der Waals surface area contributed by atoms with E-state index in [0.29, 0.717) is 6.54 Å². The molecule has 1 saturated heterocycles. The summed E-state index contributed by atoms with van der Waals surface area (Å²) in [6.45, 7) is 4.63. The number of amides is 3. The predicted molar refractivity (Wildman–Crippen MR) is 80.8 cm³/mol. The van der Waals surface area contributed by atoms with Crippen LogP contribution in [0.5, 0.6) is 0 Å². The van der Waals surface area contributed by atoms with Crippen molar-refractivity contribution in [3.8, 4) is 0 Å². The number of imide groups is 1. The molecule has 0 radical (unpaired) electrons. The van der Waals surface area contributed by atoms with Gasteiger partial charge in [0.25, 0.3) is 5.91 Å². The third kappa shape index (κ3) is 2.43. The van der Waals surface area contributed by atoms with E-state index in [1.54, 1.807) is 4.90 Å². The molecule has 112 valence electrons. The zero-order valence-corrected chi connectivity index (χ0v) is 12.7. The lowest BCUT2D eigenvalue weighted by Gasteiger charge is -2.38. The summed E-state index contributed by atoms with van der Waals surface area (Å²) in [5.41, 5.74) is 2.87. The van der Waals surface area contributed by atoms with Crippen molar-refractivity contribution in [2.24, 2.45) is 0 Å². The number of nitrogens with zero attached hydrogens (tertiary/aromatic N) is 1. The Morgan fingerprint density at radius 3 is 2.29 bits per heavy atom. The quantitative estimate of drug-likeness (QED) is 0.849. The minimum absolute atomic E-state index is 0.100. The molecule has 1 saturated carbocycles. The molecule has 0 atom stereocenters. The van der Waals surface area contributed by atoms with Crippen molar-refractivity contribution >= 4 is 11.9 Å². The van der Waals surface area contributed by atoms with Crippen LogP contribution in [-0.4, -0.2) is 22.4 Å². The second kappa shape index (κ2) is 5.17. The molecule has 2 aliphatic rings. The highest BCUT2D eigenvalue weighted by molar-refractivity contribution is 6.07. The fraction of sp³-hybridized carbons (Fsp3) is 0.529. The Morgan fingerprint density at radius 1 is 1.05 bits per heavy atom. The fourth-order valence-corrected chi connectivity index (χ4v) is 3.80. The van der Waals surface area contributed by atoms with Crippen LogP contribution in [0.3, 0.4) is 0 Å². The molecule has 1 N–H and O–H groups in total. The van der Waals surface area contributed by atoms with Crippen molar-refractivity contribution in [3.05, 3.63) is 34.9 Å². The number of carbonyl (C=O) groups is 2. The van der Waals surface area contributed by atoms with E-state index in [0.717, 1.165) is 37.7 Å². The van der Waals surface area contributed by atoms with Gasteiger partial charge in [-0.2, -0.15) is 0 Å². The second-order valence-electron chi connectivity index (χ2n) is 6.43. The van der Waals surface area contributed by atoms with Crippen LogP contribution in [0.25, 0.3) is 0 Å². The molecule has 3 rings (SSSR count). The average molecular weight is 286 g/mol. The molecule has 1 aromatic carbocycles. The van der Waals surface area contributed by atoms with Crippen LogP contribution in [0.15, 0.2) is 18.2 Å². The van der Waals surface area contributed by atoms with Crippen LogP contribution >= 0.6 is 0 Å². The third-order valence-corrected chi connectivity index (χ3v) is 4.71. The van der Waals surface area contributed by atoms with Crippen molar-refractivity contribution < 1.29 is 9.59 Å². The summed E-state index contributed by atoms with van der Waals surface area (Å²) in [6.07, 6.45) is 4.76. The van der Waals surface area contributed by atoms with Gasteiger partial charge in [0.1, 0.15) is 5.54 Å². The Balaban J connectivity index is 1.91. The van der Waals surface area contributed by atoms with Crippen molar-refractivity contribution in [3.63, 3.8) is 0 Å². The predicted octanol–water partition coefficient (Wildman–Crippen LogP) is 3.06. The Kier molecular flexibility index (Phi) is 3.47. The van der Waals surface area contributed by atoms with Gasteiger partial charge in [-0.1, -0.05) is 48.6 Å². The maximum atomic E-state index is 12.3. The van der Waals surface area contributed by atoms with Crippen molar-refractivity contribution in [2.45, 2.75) is 58.0 Å². The number of hydrogen-bond acceptors (Lipinski definition) is 2. The van der Waals surface area contributed by atoms with Crippen LogP contribution in [0.1, 0.15) is 48.8 Å². The Bertz CT molecular complexity index is 568. The number of hydrogen-bond donors (Lipinski definition) is 1. The summed E-state index contributed by atoms with van der Waals surface area (Å²) < 4.78 is 0. The number of aryl methyl sites for hydroxylation is 2. The van der Waals surface area contributed by atoms with E-state index in [9.17, 15) is 9.59 Å². The highest BCUT2D eigenvalue weighted by Crippen LogP contribution is 2.38. The Labute approximate surface area is 125 Å². The Morgan fingerprint density at radius 2 is 1.67 bits per heavy atom. The van der Waals surface area contributed by atoms with Gasteiger partial charge < -0.3 is 4.90 Å². The lowest BCUT2D eigenvalue weighted by Crippen LogP contribution is -2.50. The topological polar surface area (TPSA) is 49.4 Å². The molecule has 4 heteroatoms. The van der Waals surface area contributed by atoms with E-state index in [1.165, 1.54) is 11.1 Å². The van der Waals surface area contributed by atoms with Crippen molar-refractivity contribution in [1.29, 1.82) is 0 Å². The van der Waals surface area contributed by atoms with Gasteiger partial charge in [-0.3, -0.25) is 10.1 Å². The minimum Gasteiger partial charge on any atom is -0.305 e. The van der Waals surface area contributed by atoms with Gasteiger partial charge in [0.05, 0.1) is 0 Å². The number of benzene rings is 1. The minimum atomic E-state index is -0.604. The van der Waals surface area contributed by atoms with E-state index in [4.69, 9.17) is 0 Å². The molecule has 0 bridgehead atoms. The lowest BCUT2D eigenvalue weighted by molar-refractivity contribution is -0.128. The molecule has 1 spiro atoms. The molecule has 1 aromatic rings. The van der Waals surface area contributed by atoms with Gasteiger partial charge in [0.2, 0.25) is 0 Å². The first-order valence-electron chi connectivity index (χ1n) is 7.71. The summed E-state index contributed by atoms with van der Waals surface area (Å²) in [7, 11) is 0. The van der Waals surface area contributed by atoms with E-state index in [-0.39, 0.29) is 11.9 Å². The molecule has 0 aromatic heterocycles. The van der Waals surface area contributed by atoms with Crippen LogP contribution in [-0.2, 0) is 11.3 Å². The first-order chi connectivity index (χ1) is 10.0. The summed E-state index contributed by atoms with van der Waals surface area (Å²) in [6, 6.07) is 6.08. The molecule has 1 aliphatic heterocycles. The largest absolute Gasteiger partial charge is 0.325 e. The summed E-state index contributed by atoms with van der Waals surface area (Å²) in [5.74, 6) is -0.100. The standard InChI is InChI=1S/C17H22N2O2/c1-12-8-13(2)10-14(9-12)11-19-16(21)18-15(20)17(19)6-4-3-5-7-17/h8-10H,3-7,11H2,1-2H3,(H,18,20,21). The number of urea groups is 1. The smallest absolute Gasteiger partial charge is 0.305 e. The maximum Gasteiger partial charge on any atom is 0.325 e. The monoisotopic (exact) mass is 286 g/mol. The Hall–Kier alpha value is -1.84. The average Bonchev–Trinajstić information content (AvgIpc) is 2.63. The zero-order chi connectivity index (χ0) is 15.0. The van der Waals surface area contributed by atoms with Gasteiger partial charge in [-0.15, -0.1) is 0 Å². The van der Waals surface area contributed by atoms with Gasteiger partial charge in [0.15, 0.2) is 0 Å². The lowest BCUT2D eigenvalue weighted by atomic mass is 9.80. The van der Waals surface area contributed by atoms with E-state index in [2.05, 4.69) is 37.4 Å². The van der Waals surface area contributed by atoms with E-state index in [1.807, 2.05) is 0 Å². The van der Waals surface area contributed by atoms with Crippen LogP contribution in [0.4, 0.5) is 4.79 Å². The first-order valence-corrected chi connectivity index (χ1v) is 7.71. The summed E-state index contributed by atoms with van der Waals surface area (Å²) >= 11 is 0. The fourth-order valence-electron chi connectivity index (χ4n) is 3.80. The molecule has 1 heterocycles. The molecule has 4 nitrogen and oxygen atoms in total. The third-order valence-electron chi connectivity index (χ3n) is 4.71. The summed E-state index contributed by atoms with van der Waals surface area (Å²) in [4.78, 5) is 26.3.